The smallest absolute Gasteiger partial charge is 0.231 e. The van der Waals surface area contributed by atoms with Gasteiger partial charge in [0, 0.05) is 23.3 Å². The van der Waals surface area contributed by atoms with Gasteiger partial charge < -0.3 is 10.6 Å². The van der Waals surface area contributed by atoms with Gasteiger partial charge in [0.25, 0.3) is 0 Å². The minimum absolute atomic E-state index is 0.124. The molecular weight excluding hydrogens is 365 g/mol. The highest BCUT2D eigenvalue weighted by atomic mass is 19.1. The van der Waals surface area contributed by atoms with Crippen molar-refractivity contribution in [2.24, 2.45) is 5.73 Å². The highest BCUT2D eigenvalue weighted by Gasteiger charge is 2.51. The summed E-state index contributed by atoms with van der Waals surface area (Å²) in [6.07, 6.45) is 3.97. The Labute approximate surface area is 172 Å². The summed E-state index contributed by atoms with van der Waals surface area (Å²) in [6.45, 7) is 5.63. The van der Waals surface area contributed by atoms with Crippen LogP contribution in [0.25, 0.3) is 0 Å². The van der Waals surface area contributed by atoms with Gasteiger partial charge in [-0.25, -0.2) is 4.39 Å². The largest absolute Gasteiger partial charge is 0.369 e. The Kier molecular flexibility index (Phi) is 5.34. The van der Waals surface area contributed by atoms with E-state index in [1.807, 2.05) is 12.1 Å². The number of nitrogens with two attached hydrogens (primary N) is 1. The van der Waals surface area contributed by atoms with Gasteiger partial charge in [0.15, 0.2) is 0 Å². The molecule has 0 bridgehead atoms. The normalized spacial score (nSPS) is 27.1. The van der Waals surface area contributed by atoms with Crippen molar-refractivity contribution in [2.75, 3.05) is 18.0 Å². The number of nitrogens with zero attached hydrogens (tertiary/aromatic N) is 2. The fraction of sp³-hybridized carbons (Fsp3) is 0.458. The molecule has 2 aliphatic heterocycles. The molecule has 2 aromatic rings. The number of hydrogen-bond acceptors (Lipinski definition) is 3. The molecule has 1 amide bonds. The third-order valence-electron chi connectivity index (χ3n) is 6.55. The topological polar surface area (TPSA) is 49.6 Å². The Morgan fingerprint density at radius 3 is 2.66 bits per heavy atom. The first-order chi connectivity index (χ1) is 13.9. The summed E-state index contributed by atoms with van der Waals surface area (Å²) in [6, 6.07) is 16.1. The lowest BCUT2D eigenvalue weighted by atomic mass is 9.87. The molecule has 0 unspecified atom stereocenters. The number of likely N-dealkylation sites (tertiary alicyclic amines) is 1. The van der Waals surface area contributed by atoms with Gasteiger partial charge in [-0.2, -0.15) is 0 Å². The summed E-state index contributed by atoms with van der Waals surface area (Å²) in [7, 11) is 0. The number of carbonyl (C=O) groups is 1. The Hall–Kier alpha value is -2.40. The molecule has 154 valence electrons. The molecule has 5 heteroatoms. The van der Waals surface area contributed by atoms with E-state index < -0.39 is 0 Å². The van der Waals surface area contributed by atoms with Gasteiger partial charge in [-0.1, -0.05) is 29.8 Å². The fourth-order valence-corrected chi connectivity index (χ4v) is 5.54. The number of halogens is 1. The molecule has 2 fully saturated rings. The number of carbonyl (C=O) groups excluding carboxylic acids is 1. The van der Waals surface area contributed by atoms with Crippen LogP contribution in [0.3, 0.4) is 0 Å². The van der Waals surface area contributed by atoms with E-state index in [1.54, 1.807) is 12.1 Å². The van der Waals surface area contributed by atoms with Crippen molar-refractivity contribution in [3.63, 3.8) is 0 Å². The molecule has 0 aliphatic carbocycles. The standard InChI is InChI=1S/C24H30FN3O/c1-17-5-3-6-18(13-17)14-24(2)15-22-21(7-4-12-27(22)16-23(26)29)28(24)20-10-8-19(25)9-11-20/h3,5-6,8-11,13,21-22H,4,7,12,14-16H2,1-2H3,(H2,26,29)/t21-,22-,24+/m0/s1. The average Bonchev–Trinajstić information content (AvgIpc) is 2.95. The molecule has 0 saturated carbocycles. The van der Waals surface area contributed by atoms with Crippen molar-refractivity contribution in [3.05, 3.63) is 65.5 Å². The molecule has 2 saturated heterocycles. The first-order valence-electron chi connectivity index (χ1n) is 10.5. The van der Waals surface area contributed by atoms with Gasteiger partial charge in [-0.15, -0.1) is 0 Å². The Bertz CT molecular complexity index is 884. The first kappa shape index (κ1) is 19.9. The Balaban J connectivity index is 1.72. The number of benzene rings is 2. The number of amides is 1. The number of piperidine rings is 1. The molecule has 29 heavy (non-hydrogen) atoms. The van der Waals surface area contributed by atoms with Gasteiger partial charge in [-0.05, 0) is 75.9 Å². The SMILES string of the molecule is Cc1cccc(C[C@]2(C)C[C@H]3[C@H](CCCN3CC(N)=O)N2c2ccc(F)cc2)c1. The van der Waals surface area contributed by atoms with Crippen LogP contribution in [0.15, 0.2) is 48.5 Å². The number of rotatable bonds is 5. The van der Waals surface area contributed by atoms with Crippen LogP contribution < -0.4 is 10.6 Å². The summed E-state index contributed by atoms with van der Waals surface area (Å²) in [5.74, 6) is -0.491. The molecule has 2 aliphatic rings. The summed E-state index contributed by atoms with van der Waals surface area (Å²) in [5.41, 5.74) is 9.03. The first-order valence-corrected chi connectivity index (χ1v) is 10.5. The van der Waals surface area contributed by atoms with Crippen LogP contribution in [0.2, 0.25) is 0 Å². The van der Waals surface area contributed by atoms with Crippen molar-refractivity contribution in [1.82, 2.24) is 4.90 Å². The molecule has 0 radical (unpaired) electrons. The highest BCUT2D eigenvalue weighted by molar-refractivity contribution is 5.76. The lowest BCUT2D eigenvalue weighted by Gasteiger charge is -2.43. The molecule has 0 aromatic heterocycles. The van der Waals surface area contributed by atoms with Crippen molar-refractivity contribution < 1.29 is 9.18 Å². The zero-order chi connectivity index (χ0) is 20.6. The van der Waals surface area contributed by atoms with Crippen molar-refractivity contribution in [2.45, 2.75) is 57.2 Å². The van der Waals surface area contributed by atoms with Crippen LogP contribution in [-0.4, -0.2) is 41.5 Å². The average molecular weight is 396 g/mol. The number of primary amides is 1. The van der Waals surface area contributed by atoms with Crippen LogP contribution in [0.4, 0.5) is 10.1 Å². The van der Waals surface area contributed by atoms with Gasteiger partial charge >= 0.3 is 0 Å². The minimum atomic E-state index is -0.272. The van der Waals surface area contributed by atoms with Gasteiger partial charge in [0.1, 0.15) is 5.82 Å². The second-order valence-electron chi connectivity index (χ2n) is 8.93. The third kappa shape index (κ3) is 4.01. The van der Waals surface area contributed by atoms with Gasteiger partial charge in [0.05, 0.1) is 6.54 Å². The van der Waals surface area contributed by atoms with E-state index in [4.69, 9.17) is 5.73 Å². The second-order valence-corrected chi connectivity index (χ2v) is 8.93. The molecule has 2 heterocycles. The van der Waals surface area contributed by atoms with Crippen LogP contribution >= 0.6 is 0 Å². The molecule has 0 spiro atoms. The molecule has 4 rings (SSSR count). The maximum absolute atomic E-state index is 13.6. The van der Waals surface area contributed by atoms with E-state index in [2.05, 4.69) is 47.9 Å². The molecule has 3 atom stereocenters. The fourth-order valence-electron chi connectivity index (χ4n) is 5.54. The summed E-state index contributed by atoms with van der Waals surface area (Å²) in [4.78, 5) is 16.4. The Morgan fingerprint density at radius 2 is 1.97 bits per heavy atom. The highest BCUT2D eigenvalue weighted by Crippen LogP contribution is 2.45. The van der Waals surface area contributed by atoms with Gasteiger partial charge in [-0.3, -0.25) is 9.69 Å². The molecule has 2 aromatic carbocycles. The molecular formula is C24H30FN3O. The zero-order valence-electron chi connectivity index (χ0n) is 17.3. The van der Waals surface area contributed by atoms with Crippen LogP contribution in [0, 0.1) is 12.7 Å². The van der Waals surface area contributed by atoms with E-state index in [9.17, 15) is 9.18 Å². The predicted molar refractivity (Wildman–Crippen MR) is 114 cm³/mol. The molecule has 4 nitrogen and oxygen atoms in total. The van der Waals surface area contributed by atoms with Gasteiger partial charge in [0.2, 0.25) is 5.91 Å². The Morgan fingerprint density at radius 1 is 1.21 bits per heavy atom. The van der Waals surface area contributed by atoms with Crippen molar-refractivity contribution >= 4 is 11.6 Å². The number of fused-ring (bicyclic) bond motifs is 1. The van der Waals surface area contributed by atoms with E-state index in [0.29, 0.717) is 12.6 Å². The maximum Gasteiger partial charge on any atom is 0.231 e. The summed E-state index contributed by atoms with van der Waals surface area (Å²) in [5, 5.41) is 0. The third-order valence-corrected chi connectivity index (χ3v) is 6.55. The van der Waals surface area contributed by atoms with E-state index in [0.717, 1.165) is 37.9 Å². The van der Waals surface area contributed by atoms with E-state index in [-0.39, 0.29) is 23.3 Å². The predicted octanol–water partition coefficient (Wildman–Crippen LogP) is 3.66. The molecule has 2 N–H and O–H groups in total. The number of anilines is 1. The quantitative estimate of drug-likeness (QED) is 0.841. The minimum Gasteiger partial charge on any atom is -0.369 e. The van der Waals surface area contributed by atoms with Crippen LogP contribution in [0.5, 0.6) is 0 Å². The van der Waals surface area contributed by atoms with E-state index >= 15 is 0 Å². The number of hydrogen-bond donors (Lipinski definition) is 1. The second kappa shape index (κ2) is 7.79. The zero-order valence-corrected chi connectivity index (χ0v) is 17.3. The van der Waals surface area contributed by atoms with Crippen molar-refractivity contribution in [3.8, 4) is 0 Å². The maximum atomic E-state index is 13.6. The monoisotopic (exact) mass is 395 g/mol. The lowest BCUT2D eigenvalue weighted by Crippen LogP contribution is -2.53. The number of aryl methyl sites for hydroxylation is 1. The van der Waals surface area contributed by atoms with E-state index in [1.165, 1.54) is 11.1 Å². The summed E-state index contributed by atoms with van der Waals surface area (Å²) >= 11 is 0. The van der Waals surface area contributed by atoms with Crippen LogP contribution in [-0.2, 0) is 11.2 Å². The van der Waals surface area contributed by atoms with Crippen molar-refractivity contribution in [1.29, 1.82) is 0 Å². The lowest BCUT2D eigenvalue weighted by molar-refractivity contribution is -0.120. The van der Waals surface area contributed by atoms with Crippen LogP contribution in [0.1, 0.15) is 37.3 Å². The summed E-state index contributed by atoms with van der Waals surface area (Å²) < 4.78 is 13.6.